The van der Waals surface area contributed by atoms with Crippen molar-refractivity contribution in [2.75, 3.05) is 0 Å². The normalized spacial score (nSPS) is 13.5. The minimum Gasteiger partial charge on any atom is -0.481 e. The molecule has 1 aromatic heterocycles. The van der Waals surface area contributed by atoms with Crippen LogP contribution in [0, 0.1) is 19.8 Å². The van der Waals surface area contributed by atoms with Crippen molar-refractivity contribution in [3.8, 4) is 0 Å². The van der Waals surface area contributed by atoms with Crippen LogP contribution in [0.2, 0.25) is 0 Å². The molecule has 2 unspecified atom stereocenters. The molecule has 0 aliphatic heterocycles. The van der Waals surface area contributed by atoms with E-state index in [1.807, 2.05) is 26.8 Å². The number of aromatic nitrogens is 1. The van der Waals surface area contributed by atoms with Crippen LogP contribution in [-0.2, 0) is 4.79 Å². The molecular weight excluding hydrogens is 268 g/mol. The molecule has 116 valence electrons. The van der Waals surface area contributed by atoms with Crippen molar-refractivity contribution in [1.29, 1.82) is 0 Å². The van der Waals surface area contributed by atoms with Crippen molar-refractivity contribution in [2.45, 2.75) is 53.0 Å². The van der Waals surface area contributed by atoms with Crippen molar-refractivity contribution >= 4 is 11.9 Å². The van der Waals surface area contributed by atoms with Gasteiger partial charge in [-0.1, -0.05) is 13.3 Å². The van der Waals surface area contributed by atoms with Gasteiger partial charge in [0.05, 0.1) is 17.2 Å². The third-order valence-corrected chi connectivity index (χ3v) is 3.54. The van der Waals surface area contributed by atoms with E-state index in [0.717, 1.165) is 24.2 Å². The molecule has 2 atom stereocenters. The Kier molecular flexibility index (Phi) is 6.34. The largest absolute Gasteiger partial charge is 0.481 e. The Bertz CT molecular complexity index is 514. The summed E-state index contributed by atoms with van der Waals surface area (Å²) in [7, 11) is 0. The average Bonchev–Trinajstić information content (AvgIpc) is 2.37. The highest BCUT2D eigenvalue weighted by Crippen LogP contribution is 2.11. The molecule has 0 saturated heterocycles. The zero-order valence-electron chi connectivity index (χ0n) is 13.1. The average molecular weight is 292 g/mol. The Morgan fingerprint density at radius 3 is 2.48 bits per heavy atom. The van der Waals surface area contributed by atoms with E-state index < -0.39 is 5.97 Å². The van der Waals surface area contributed by atoms with Gasteiger partial charge in [0.25, 0.3) is 5.91 Å². The van der Waals surface area contributed by atoms with E-state index in [4.69, 9.17) is 5.11 Å². The third kappa shape index (κ3) is 5.53. The molecule has 1 amide bonds. The molecule has 0 bridgehead atoms. The molecule has 1 heterocycles. The lowest BCUT2D eigenvalue weighted by atomic mass is 10.0. The van der Waals surface area contributed by atoms with E-state index in [2.05, 4.69) is 10.3 Å². The van der Waals surface area contributed by atoms with Crippen LogP contribution in [-0.4, -0.2) is 28.0 Å². The minimum absolute atomic E-state index is 0.0131. The Morgan fingerprint density at radius 1 is 1.24 bits per heavy atom. The van der Waals surface area contributed by atoms with Crippen molar-refractivity contribution in [1.82, 2.24) is 10.3 Å². The highest BCUT2D eigenvalue weighted by atomic mass is 16.4. The third-order valence-electron chi connectivity index (χ3n) is 3.54. The summed E-state index contributed by atoms with van der Waals surface area (Å²) in [5, 5.41) is 11.8. The molecule has 0 spiro atoms. The summed E-state index contributed by atoms with van der Waals surface area (Å²) < 4.78 is 0. The van der Waals surface area contributed by atoms with Gasteiger partial charge in [0.1, 0.15) is 0 Å². The first-order valence-electron chi connectivity index (χ1n) is 7.29. The number of hydrogen-bond donors (Lipinski definition) is 2. The zero-order chi connectivity index (χ0) is 16.0. The van der Waals surface area contributed by atoms with Crippen LogP contribution in [0.5, 0.6) is 0 Å². The van der Waals surface area contributed by atoms with Gasteiger partial charge >= 0.3 is 5.97 Å². The topological polar surface area (TPSA) is 79.3 Å². The van der Waals surface area contributed by atoms with Crippen LogP contribution in [0.3, 0.4) is 0 Å². The number of rotatable bonds is 7. The van der Waals surface area contributed by atoms with Gasteiger partial charge in [0.15, 0.2) is 0 Å². The summed E-state index contributed by atoms with van der Waals surface area (Å²) in [5.74, 6) is -1.23. The molecule has 5 nitrogen and oxygen atoms in total. The highest BCUT2D eigenvalue weighted by Gasteiger charge is 2.14. The molecule has 1 aromatic rings. The smallest absolute Gasteiger partial charge is 0.306 e. The molecule has 0 aliphatic carbocycles. The lowest BCUT2D eigenvalue weighted by Crippen LogP contribution is -2.33. The van der Waals surface area contributed by atoms with E-state index in [9.17, 15) is 9.59 Å². The van der Waals surface area contributed by atoms with Gasteiger partial charge in [0, 0.05) is 11.7 Å². The van der Waals surface area contributed by atoms with Gasteiger partial charge in [0.2, 0.25) is 0 Å². The second kappa shape index (κ2) is 7.76. The number of aryl methyl sites for hydroxylation is 2. The van der Waals surface area contributed by atoms with E-state index in [0.29, 0.717) is 12.0 Å². The van der Waals surface area contributed by atoms with Crippen LogP contribution in [0.15, 0.2) is 12.1 Å². The number of amides is 1. The molecule has 0 aromatic carbocycles. The molecule has 1 rings (SSSR count). The summed E-state index contributed by atoms with van der Waals surface area (Å²) in [6.45, 7) is 7.34. The highest BCUT2D eigenvalue weighted by molar-refractivity contribution is 5.95. The fraction of sp³-hybridized carbons (Fsp3) is 0.562. The molecule has 5 heteroatoms. The van der Waals surface area contributed by atoms with Gasteiger partial charge in [-0.05, 0) is 45.7 Å². The van der Waals surface area contributed by atoms with Crippen molar-refractivity contribution in [3.05, 3.63) is 29.1 Å². The fourth-order valence-corrected chi connectivity index (χ4v) is 2.15. The summed E-state index contributed by atoms with van der Waals surface area (Å²) in [6.07, 6.45) is 2.17. The van der Waals surface area contributed by atoms with Crippen LogP contribution in [0.1, 0.15) is 54.9 Å². The number of carbonyl (C=O) groups excluding carboxylic acids is 1. The number of pyridine rings is 1. The Morgan fingerprint density at radius 2 is 1.90 bits per heavy atom. The van der Waals surface area contributed by atoms with Gasteiger partial charge in [-0.2, -0.15) is 0 Å². The van der Waals surface area contributed by atoms with Gasteiger partial charge in [-0.15, -0.1) is 0 Å². The SMILES string of the molecule is Cc1ccc(C(=O)NC(C)CCCC(C)C(=O)O)c(C)n1. The Labute approximate surface area is 125 Å². The molecule has 0 aliphatic rings. The standard InChI is InChI=1S/C16H24N2O3/c1-10(16(20)21)6-5-7-11(2)18-15(19)14-9-8-12(3)17-13(14)4/h8-11H,5-7H2,1-4H3,(H,18,19)(H,20,21). The number of carboxylic acid groups (broad SMARTS) is 1. The number of nitrogens with zero attached hydrogens (tertiary/aromatic N) is 1. The fourth-order valence-electron chi connectivity index (χ4n) is 2.15. The summed E-state index contributed by atoms with van der Waals surface area (Å²) in [6, 6.07) is 3.62. The molecule has 0 saturated carbocycles. The second-order valence-corrected chi connectivity index (χ2v) is 5.63. The maximum atomic E-state index is 12.1. The second-order valence-electron chi connectivity index (χ2n) is 5.63. The molecule has 0 radical (unpaired) electrons. The lowest BCUT2D eigenvalue weighted by Gasteiger charge is -2.15. The van der Waals surface area contributed by atoms with Crippen LogP contribution >= 0.6 is 0 Å². The van der Waals surface area contributed by atoms with Gasteiger partial charge in [-0.25, -0.2) is 0 Å². The number of nitrogens with one attached hydrogen (secondary N) is 1. The van der Waals surface area contributed by atoms with Crippen molar-refractivity contribution in [2.24, 2.45) is 5.92 Å². The number of aliphatic carboxylic acids is 1. The first kappa shape index (κ1) is 17.1. The molecule has 2 N–H and O–H groups in total. The monoisotopic (exact) mass is 292 g/mol. The van der Waals surface area contributed by atoms with Gasteiger partial charge < -0.3 is 10.4 Å². The van der Waals surface area contributed by atoms with Crippen molar-refractivity contribution < 1.29 is 14.7 Å². The predicted octanol–water partition coefficient (Wildman–Crippen LogP) is 2.71. The predicted molar refractivity (Wildman–Crippen MR) is 81.3 cm³/mol. The number of hydrogen-bond acceptors (Lipinski definition) is 3. The quantitative estimate of drug-likeness (QED) is 0.810. The van der Waals surface area contributed by atoms with Crippen LogP contribution < -0.4 is 5.32 Å². The van der Waals surface area contributed by atoms with Crippen LogP contribution in [0.4, 0.5) is 0 Å². The van der Waals surface area contributed by atoms with Gasteiger partial charge in [-0.3, -0.25) is 14.6 Å². The number of carbonyl (C=O) groups is 2. The van der Waals surface area contributed by atoms with E-state index in [1.54, 1.807) is 13.0 Å². The summed E-state index contributed by atoms with van der Waals surface area (Å²) in [4.78, 5) is 27.2. The minimum atomic E-state index is -0.770. The molecular formula is C16H24N2O3. The van der Waals surface area contributed by atoms with E-state index in [-0.39, 0.29) is 17.9 Å². The Hall–Kier alpha value is -1.91. The summed E-state index contributed by atoms with van der Waals surface area (Å²) in [5.41, 5.74) is 2.20. The maximum absolute atomic E-state index is 12.1. The first-order valence-corrected chi connectivity index (χ1v) is 7.29. The lowest BCUT2D eigenvalue weighted by molar-refractivity contribution is -0.141. The molecule has 0 fully saturated rings. The Balaban J connectivity index is 2.45. The van der Waals surface area contributed by atoms with Crippen molar-refractivity contribution in [3.63, 3.8) is 0 Å². The van der Waals surface area contributed by atoms with E-state index in [1.165, 1.54) is 0 Å². The zero-order valence-corrected chi connectivity index (χ0v) is 13.1. The first-order chi connectivity index (χ1) is 9.81. The summed E-state index contributed by atoms with van der Waals surface area (Å²) >= 11 is 0. The molecule has 21 heavy (non-hydrogen) atoms. The van der Waals surface area contributed by atoms with E-state index >= 15 is 0 Å². The maximum Gasteiger partial charge on any atom is 0.306 e. The number of carboxylic acids is 1. The van der Waals surface area contributed by atoms with Crippen LogP contribution in [0.25, 0.3) is 0 Å².